The van der Waals surface area contributed by atoms with Crippen LogP contribution in [0.15, 0.2) is 24.5 Å². The zero-order valence-corrected chi connectivity index (χ0v) is 8.98. The van der Waals surface area contributed by atoms with Crippen molar-refractivity contribution in [3.63, 3.8) is 0 Å². The van der Waals surface area contributed by atoms with Crippen LogP contribution in [0.1, 0.15) is 12.5 Å². The maximum Gasteiger partial charge on any atom is 0.0633 e. The predicted octanol–water partition coefficient (Wildman–Crippen LogP) is -0.0430. The molecule has 0 aliphatic rings. The van der Waals surface area contributed by atoms with Gasteiger partial charge in [0.1, 0.15) is 0 Å². The summed E-state index contributed by atoms with van der Waals surface area (Å²) in [6.45, 7) is 2.35. The molecule has 15 heavy (non-hydrogen) atoms. The molecule has 1 heterocycles. The summed E-state index contributed by atoms with van der Waals surface area (Å²) in [4.78, 5) is 4.01. The molecule has 1 aromatic heterocycles. The Morgan fingerprint density at radius 3 is 2.67 bits per heavy atom. The molecule has 1 rings (SSSR count). The van der Waals surface area contributed by atoms with Gasteiger partial charge in [-0.15, -0.1) is 0 Å². The molecule has 0 amide bonds. The van der Waals surface area contributed by atoms with Gasteiger partial charge in [-0.25, -0.2) is 0 Å². The molecule has 0 bridgehead atoms. The van der Waals surface area contributed by atoms with E-state index in [-0.39, 0.29) is 13.2 Å². The van der Waals surface area contributed by atoms with Crippen LogP contribution in [0.2, 0.25) is 0 Å². The number of hydrogen-bond donors (Lipinski definition) is 3. The standard InChI is InChI=1S/C11H18N2O2/c1-11(8-14,9-15)13-6-4-10-3-2-5-12-7-10/h2-3,5,7,13-15H,4,6,8-9H2,1H3. The molecule has 0 unspecified atom stereocenters. The lowest BCUT2D eigenvalue weighted by Gasteiger charge is -2.26. The van der Waals surface area contributed by atoms with Gasteiger partial charge in [-0.1, -0.05) is 6.07 Å². The Morgan fingerprint density at radius 1 is 1.40 bits per heavy atom. The van der Waals surface area contributed by atoms with Crippen LogP contribution < -0.4 is 5.32 Å². The van der Waals surface area contributed by atoms with E-state index >= 15 is 0 Å². The van der Waals surface area contributed by atoms with E-state index in [0.717, 1.165) is 12.0 Å². The molecule has 0 aliphatic heterocycles. The molecule has 0 spiro atoms. The number of rotatable bonds is 6. The predicted molar refractivity (Wildman–Crippen MR) is 58.5 cm³/mol. The average Bonchev–Trinajstić information content (AvgIpc) is 2.30. The van der Waals surface area contributed by atoms with Crippen molar-refractivity contribution < 1.29 is 10.2 Å². The summed E-state index contributed by atoms with van der Waals surface area (Å²) in [6, 6.07) is 3.90. The van der Waals surface area contributed by atoms with Crippen LogP contribution >= 0.6 is 0 Å². The Labute approximate surface area is 90.0 Å². The fourth-order valence-corrected chi connectivity index (χ4v) is 1.22. The second-order valence-electron chi connectivity index (χ2n) is 3.91. The molecule has 4 nitrogen and oxygen atoms in total. The molecule has 4 heteroatoms. The molecule has 3 N–H and O–H groups in total. The van der Waals surface area contributed by atoms with Gasteiger partial charge < -0.3 is 15.5 Å². The third-order valence-corrected chi connectivity index (χ3v) is 2.39. The molecule has 0 saturated carbocycles. The Balaban J connectivity index is 2.33. The molecular formula is C11H18N2O2. The summed E-state index contributed by atoms with van der Waals surface area (Å²) < 4.78 is 0. The normalized spacial score (nSPS) is 11.7. The van der Waals surface area contributed by atoms with Gasteiger partial charge in [0.05, 0.1) is 18.8 Å². The first-order valence-corrected chi connectivity index (χ1v) is 5.06. The Morgan fingerprint density at radius 2 is 2.13 bits per heavy atom. The highest BCUT2D eigenvalue weighted by Gasteiger charge is 2.20. The second kappa shape index (κ2) is 5.80. The van der Waals surface area contributed by atoms with Crippen LogP contribution in [0.4, 0.5) is 0 Å². The third-order valence-electron chi connectivity index (χ3n) is 2.39. The number of aromatic nitrogens is 1. The van der Waals surface area contributed by atoms with Crippen LogP contribution in [0.5, 0.6) is 0 Å². The van der Waals surface area contributed by atoms with Crippen molar-refractivity contribution in [1.82, 2.24) is 10.3 Å². The van der Waals surface area contributed by atoms with E-state index in [1.165, 1.54) is 0 Å². The molecular weight excluding hydrogens is 192 g/mol. The van der Waals surface area contributed by atoms with E-state index in [2.05, 4.69) is 10.3 Å². The molecule has 0 fully saturated rings. The minimum atomic E-state index is -0.595. The molecule has 0 saturated heterocycles. The van der Waals surface area contributed by atoms with Gasteiger partial charge >= 0.3 is 0 Å². The van der Waals surface area contributed by atoms with Crippen LogP contribution in [0.3, 0.4) is 0 Å². The van der Waals surface area contributed by atoms with Crippen molar-refractivity contribution in [2.45, 2.75) is 18.9 Å². The lowest BCUT2D eigenvalue weighted by atomic mass is 10.1. The number of aliphatic hydroxyl groups excluding tert-OH is 2. The van der Waals surface area contributed by atoms with Crippen molar-refractivity contribution in [2.75, 3.05) is 19.8 Å². The SMILES string of the molecule is CC(CO)(CO)NCCc1cccnc1. The highest BCUT2D eigenvalue weighted by Crippen LogP contribution is 2.02. The van der Waals surface area contributed by atoms with Gasteiger partial charge in [0.25, 0.3) is 0 Å². The lowest BCUT2D eigenvalue weighted by molar-refractivity contribution is 0.105. The van der Waals surface area contributed by atoms with Crippen LogP contribution in [0.25, 0.3) is 0 Å². The molecule has 0 atom stereocenters. The van der Waals surface area contributed by atoms with E-state index in [1.54, 1.807) is 13.1 Å². The van der Waals surface area contributed by atoms with Crippen LogP contribution in [-0.2, 0) is 6.42 Å². The highest BCUT2D eigenvalue weighted by atomic mass is 16.3. The van der Waals surface area contributed by atoms with Crippen LogP contribution in [-0.4, -0.2) is 40.5 Å². The number of pyridine rings is 1. The van der Waals surface area contributed by atoms with Gasteiger partial charge in [-0.05, 0) is 31.5 Å². The first-order valence-electron chi connectivity index (χ1n) is 5.06. The molecule has 84 valence electrons. The monoisotopic (exact) mass is 210 g/mol. The van der Waals surface area contributed by atoms with Crippen LogP contribution in [0, 0.1) is 0 Å². The van der Waals surface area contributed by atoms with Gasteiger partial charge in [0.15, 0.2) is 0 Å². The van der Waals surface area contributed by atoms with Gasteiger partial charge in [-0.2, -0.15) is 0 Å². The summed E-state index contributed by atoms with van der Waals surface area (Å²) in [7, 11) is 0. The molecule has 1 aromatic rings. The number of nitrogens with zero attached hydrogens (tertiary/aromatic N) is 1. The molecule has 0 radical (unpaired) electrons. The lowest BCUT2D eigenvalue weighted by Crippen LogP contribution is -2.49. The summed E-state index contributed by atoms with van der Waals surface area (Å²) >= 11 is 0. The summed E-state index contributed by atoms with van der Waals surface area (Å²) in [5.41, 5.74) is 0.547. The fourth-order valence-electron chi connectivity index (χ4n) is 1.22. The highest BCUT2D eigenvalue weighted by molar-refractivity contribution is 5.08. The average molecular weight is 210 g/mol. The summed E-state index contributed by atoms with van der Waals surface area (Å²) in [5.74, 6) is 0. The molecule has 0 aromatic carbocycles. The number of aliphatic hydroxyl groups is 2. The summed E-state index contributed by atoms with van der Waals surface area (Å²) in [5, 5.41) is 21.2. The van der Waals surface area contributed by atoms with Gasteiger partial charge in [0, 0.05) is 12.4 Å². The summed E-state index contributed by atoms with van der Waals surface area (Å²) in [6.07, 6.45) is 4.39. The van der Waals surface area contributed by atoms with Crippen molar-refractivity contribution >= 4 is 0 Å². The Bertz CT molecular complexity index is 273. The number of hydrogen-bond acceptors (Lipinski definition) is 4. The Kier molecular flexibility index (Phi) is 4.68. The van der Waals surface area contributed by atoms with Gasteiger partial charge in [-0.3, -0.25) is 4.98 Å². The first-order chi connectivity index (χ1) is 7.20. The fraction of sp³-hybridized carbons (Fsp3) is 0.545. The van der Waals surface area contributed by atoms with E-state index in [0.29, 0.717) is 6.54 Å². The second-order valence-corrected chi connectivity index (χ2v) is 3.91. The van der Waals surface area contributed by atoms with E-state index in [4.69, 9.17) is 10.2 Å². The minimum absolute atomic E-state index is 0.0729. The van der Waals surface area contributed by atoms with E-state index in [9.17, 15) is 0 Å². The topological polar surface area (TPSA) is 65.4 Å². The van der Waals surface area contributed by atoms with Crippen molar-refractivity contribution in [2.24, 2.45) is 0 Å². The van der Waals surface area contributed by atoms with E-state index < -0.39 is 5.54 Å². The molecule has 0 aliphatic carbocycles. The van der Waals surface area contributed by atoms with Gasteiger partial charge in [0.2, 0.25) is 0 Å². The van der Waals surface area contributed by atoms with Crippen molar-refractivity contribution in [3.05, 3.63) is 30.1 Å². The number of nitrogens with one attached hydrogen (secondary N) is 1. The largest absolute Gasteiger partial charge is 0.394 e. The zero-order chi connectivity index (χ0) is 11.1. The Hall–Kier alpha value is -0.970. The quantitative estimate of drug-likeness (QED) is 0.616. The van der Waals surface area contributed by atoms with Crippen molar-refractivity contribution in [3.8, 4) is 0 Å². The third kappa shape index (κ3) is 3.95. The maximum absolute atomic E-state index is 9.05. The van der Waals surface area contributed by atoms with Crippen molar-refractivity contribution in [1.29, 1.82) is 0 Å². The zero-order valence-electron chi connectivity index (χ0n) is 8.98. The van der Waals surface area contributed by atoms with E-state index in [1.807, 2.05) is 18.3 Å². The maximum atomic E-state index is 9.05. The smallest absolute Gasteiger partial charge is 0.0633 e. The first kappa shape index (κ1) is 12.1. The minimum Gasteiger partial charge on any atom is -0.394 e.